The van der Waals surface area contributed by atoms with Crippen LogP contribution in [-0.4, -0.2) is 76.4 Å². The topological polar surface area (TPSA) is 27.7 Å². The van der Waals surface area contributed by atoms with E-state index in [4.69, 9.17) is 4.74 Å². The maximum atomic E-state index is 5.09. The fourth-order valence-corrected chi connectivity index (χ4v) is 1.94. The molecule has 4 heteroatoms. The first kappa shape index (κ1) is 16.8. The van der Waals surface area contributed by atoms with Crippen molar-refractivity contribution in [2.45, 2.75) is 20.3 Å². The molecule has 17 heavy (non-hydrogen) atoms. The Morgan fingerprint density at radius 2 is 1.53 bits per heavy atom. The Hall–Kier alpha value is -0.160. The van der Waals surface area contributed by atoms with Crippen LogP contribution < -0.4 is 5.32 Å². The summed E-state index contributed by atoms with van der Waals surface area (Å²) in [5.74, 6) is 0. The molecule has 0 saturated carbocycles. The van der Waals surface area contributed by atoms with Gasteiger partial charge in [-0.1, -0.05) is 13.8 Å². The molecule has 1 heterocycles. The molecule has 0 bridgehead atoms. The van der Waals surface area contributed by atoms with Crippen molar-refractivity contribution in [3.05, 3.63) is 0 Å². The average Bonchev–Trinajstić information content (AvgIpc) is 2.40. The first-order valence-electron chi connectivity index (χ1n) is 6.95. The highest BCUT2D eigenvalue weighted by atomic mass is 16.5. The van der Waals surface area contributed by atoms with E-state index in [1.807, 2.05) is 20.9 Å². The fraction of sp³-hybridized carbons (Fsp3) is 1.00. The third-order valence-corrected chi connectivity index (χ3v) is 2.98. The monoisotopic (exact) mass is 245 g/mol. The highest BCUT2D eigenvalue weighted by molar-refractivity contribution is 4.71. The van der Waals surface area contributed by atoms with E-state index in [1.54, 1.807) is 7.11 Å². The molecule has 0 aromatic rings. The van der Waals surface area contributed by atoms with E-state index < -0.39 is 0 Å². The van der Waals surface area contributed by atoms with Gasteiger partial charge in [-0.05, 0) is 26.6 Å². The number of methoxy groups -OCH3 is 1. The quantitative estimate of drug-likeness (QED) is 0.674. The molecule has 104 valence electrons. The number of piperazine rings is 1. The van der Waals surface area contributed by atoms with Crippen LogP contribution >= 0.6 is 0 Å². The number of nitrogens with zero attached hydrogens (tertiary/aromatic N) is 2. The van der Waals surface area contributed by atoms with E-state index in [0.29, 0.717) is 0 Å². The van der Waals surface area contributed by atoms with Crippen molar-refractivity contribution in [1.82, 2.24) is 15.1 Å². The van der Waals surface area contributed by atoms with Gasteiger partial charge in [0.05, 0.1) is 6.61 Å². The van der Waals surface area contributed by atoms with Gasteiger partial charge in [-0.3, -0.25) is 4.90 Å². The van der Waals surface area contributed by atoms with Crippen LogP contribution in [0.1, 0.15) is 20.3 Å². The predicted molar refractivity (Wildman–Crippen MR) is 74.6 cm³/mol. The minimum absolute atomic E-state index is 0.861. The third kappa shape index (κ3) is 8.55. The van der Waals surface area contributed by atoms with Crippen molar-refractivity contribution < 1.29 is 4.74 Å². The molecule has 0 aromatic heterocycles. The summed E-state index contributed by atoms with van der Waals surface area (Å²) >= 11 is 0. The van der Waals surface area contributed by atoms with Crippen LogP contribution in [0.25, 0.3) is 0 Å². The minimum atomic E-state index is 0.861. The van der Waals surface area contributed by atoms with Crippen molar-refractivity contribution in [2.75, 3.05) is 66.6 Å². The number of nitrogens with one attached hydrogen (secondary N) is 1. The molecular formula is C13H31N3O. The van der Waals surface area contributed by atoms with E-state index in [2.05, 4.69) is 15.1 Å². The van der Waals surface area contributed by atoms with Gasteiger partial charge < -0.3 is 15.0 Å². The van der Waals surface area contributed by atoms with E-state index in [1.165, 1.54) is 39.1 Å². The lowest BCUT2D eigenvalue weighted by Gasteiger charge is -2.34. The SMILES string of the molecule is CC.CNCCCN1CCN(CCOC)CC1. The van der Waals surface area contributed by atoms with E-state index in [0.717, 1.165) is 19.7 Å². The zero-order chi connectivity index (χ0) is 12.9. The van der Waals surface area contributed by atoms with Crippen LogP contribution in [0.4, 0.5) is 0 Å². The van der Waals surface area contributed by atoms with Gasteiger partial charge >= 0.3 is 0 Å². The average molecular weight is 245 g/mol. The second kappa shape index (κ2) is 12.3. The van der Waals surface area contributed by atoms with E-state index in [9.17, 15) is 0 Å². The van der Waals surface area contributed by atoms with Gasteiger partial charge in [-0.25, -0.2) is 0 Å². The van der Waals surface area contributed by atoms with Gasteiger partial charge in [0.2, 0.25) is 0 Å². The Labute approximate surface area is 107 Å². The molecular weight excluding hydrogens is 214 g/mol. The molecule has 0 aliphatic carbocycles. The van der Waals surface area contributed by atoms with Crippen molar-refractivity contribution in [3.63, 3.8) is 0 Å². The van der Waals surface area contributed by atoms with Gasteiger partial charge in [0.15, 0.2) is 0 Å². The lowest BCUT2D eigenvalue weighted by atomic mass is 10.3. The Bertz CT molecular complexity index is 148. The molecule has 0 atom stereocenters. The molecule has 0 spiro atoms. The Morgan fingerprint density at radius 3 is 2.00 bits per heavy atom. The molecule has 1 fully saturated rings. The van der Waals surface area contributed by atoms with E-state index in [-0.39, 0.29) is 0 Å². The van der Waals surface area contributed by atoms with Crippen molar-refractivity contribution in [2.24, 2.45) is 0 Å². The molecule has 0 aromatic carbocycles. The van der Waals surface area contributed by atoms with Gasteiger partial charge in [0.25, 0.3) is 0 Å². The highest BCUT2D eigenvalue weighted by Gasteiger charge is 2.15. The standard InChI is InChI=1S/C11H25N3O.C2H6/c1-12-4-3-5-13-6-8-14(9-7-13)10-11-15-2;1-2/h12H,3-11H2,1-2H3;1-2H3. The number of hydrogen-bond acceptors (Lipinski definition) is 4. The first-order valence-corrected chi connectivity index (χ1v) is 6.95. The summed E-state index contributed by atoms with van der Waals surface area (Å²) in [5, 5.41) is 3.19. The maximum Gasteiger partial charge on any atom is 0.0589 e. The number of ether oxygens (including phenoxy) is 1. The molecule has 0 radical (unpaired) electrons. The Kier molecular flexibility index (Phi) is 12.2. The summed E-state index contributed by atoms with van der Waals surface area (Å²) in [7, 11) is 3.79. The third-order valence-electron chi connectivity index (χ3n) is 2.98. The summed E-state index contributed by atoms with van der Waals surface area (Å²) in [4.78, 5) is 5.04. The number of rotatable bonds is 7. The summed E-state index contributed by atoms with van der Waals surface area (Å²) < 4.78 is 5.09. The zero-order valence-electron chi connectivity index (χ0n) is 12.2. The number of hydrogen-bond donors (Lipinski definition) is 1. The van der Waals surface area contributed by atoms with Gasteiger partial charge in [0, 0.05) is 39.8 Å². The largest absolute Gasteiger partial charge is 0.383 e. The highest BCUT2D eigenvalue weighted by Crippen LogP contribution is 2.01. The molecule has 1 aliphatic heterocycles. The normalized spacial score (nSPS) is 17.6. The minimum Gasteiger partial charge on any atom is -0.383 e. The van der Waals surface area contributed by atoms with Crippen LogP contribution in [-0.2, 0) is 4.74 Å². The van der Waals surface area contributed by atoms with Crippen LogP contribution in [0.3, 0.4) is 0 Å². The molecule has 0 unspecified atom stereocenters. The maximum absolute atomic E-state index is 5.09. The van der Waals surface area contributed by atoms with Gasteiger partial charge in [-0.15, -0.1) is 0 Å². The zero-order valence-corrected chi connectivity index (χ0v) is 12.2. The smallest absolute Gasteiger partial charge is 0.0589 e. The molecule has 4 nitrogen and oxygen atoms in total. The first-order chi connectivity index (χ1) is 8.36. The Morgan fingerprint density at radius 1 is 1.00 bits per heavy atom. The lowest BCUT2D eigenvalue weighted by molar-refractivity contribution is 0.0965. The van der Waals surface area contributed by atoms with Crippen molar-refractivity contribution in [3.8, 4) is 0 Å². The van der Waals surface area contributed by atoms with Crippen LogP contribution in [0, 0.1) is 0 Å². The predicted octanol–water partition coefficient (Wildman–Crippen LogP) is 0.886. The van der Waals surface area contributed by atoms with E-state index >= 15 is 0 Å². The summed E-state index contributed by atoms with van der Waals surface area (Å²) in [6.45, 7) is 13.1. The van der Waals surface area contributed by atoms with Crippen molar-refractivity contribution in [1.29, 1.82) is 0 Å². The summed E-state index contributed by atoms with van der Waals surface area (Å²) in [5.41, 5.74) is 0. The summed E-state index contributed by atoms with van der Waals surface area (Å²) in [6, 6.07) is 0. The second-order valence-corrected chi connectivity index (χ2v) is 4.13. The fourth-order valence-electron chi connectivity index (χ4n) is 1.94. The van der Waals surface area contributed by atoms with Crippen LogP contribution in [0.15, 0.2) is 0 Å². The van der Waals surface area contributed by atoms with Crippen molar-refractivity contribution >= 4 is 0 Å². The molecule has 1 saturated heterocycles. The lowest BCUT2D eigenvalue weighted by Crippen LogP contribution is -2.47. The molecule has 0 amide bonds. The van der Waals surface area contributed by atoms with Gasteiger partial charge in [-0.2, -0.15) is 0 Å². The molecule has 1 aliphatic rings. The second-order valence-electron chi connectivity index (χ2n) is 4.13. The molecule has 1 rings (SSSR count). The molecule has 1 N–H and O–H groups in total. The van der Waals surface area contributed by atoms with Crippen LogP contribution in [0.2, 0.25) is 0 Å². The summed E-state index contributed by atoms with van der Waals surface area (Å²) in [6.07, 6.45) is 1.26. The Balaban J connectivity index is 0.00000121. The van der Waals surface area contributed by atoms with Crippen LogP contribution in [0.5, 0.6) is 0 Å². The van der Waals surface area contributed by atoms with Gasteiger partial charge in [0.1, 0.15) is 0 Å².